The van der Waals surface area contributed by atoms with Crippen molar-refractivity contribution in [2.45, 2.75) is 6.61 Å². The zero-order chi connectivity index (χ0) is 23.4. The van der Waals surface area contributed by atoms with Gasteiger partial charge in [-0.1, -0.05) is 24.3 Å². The largest absolute Gasteiger partial charge is 0.489 e. The number of fused-ring (bicyclic) bond motifs is 1. The topological polar surface area (TPSA) is 94.8 Å². The Hall–Kier alpha value is -3.91. The number of nitrogens with one attached hydrogen (secondary N) is 1. The van der Waals surface area contributed by atoms with Gasteiger partial charge in [-0.15, -0.1) is 0 Å². The van der Waals surface area contributed by atoms with E-state index in [-0.39, 0.29) is 12.0 Å². The van der Waals surface area contributed by atoms with Crippen LogP contribution in [-0.4, -0.2) is 23.5 Å². The molecular formula is C25H21NO6S. The van der Waals surface area contributed by atoms with Crippen LogP contribution in [0, 0.1) is 0 Å². The van der Waals surface area contributed by atoms with Crippen LogP contribution < -0.4 is 14.9 Å². The first-order chi connectivity index (χ1) is 15.9. The minimum atomic E-state index is -1.17. The van der Waals surface area contributed by atoms with E-state index < -0.39 is 17.0 Å². The van der Waals surface area contributed by atoms with E-state index in [1.807, 2.05) is 6.07 Å². The molecule has 0 radical (unpaired) electrons. The van der Waals surface area contributed by atoms with Crippen LogP contribution in [0.1, 0.15) is 15.9 Å². The summed E-state index contributed by atoms with van der Waals surface area (Å²) in [6.45, 7) is 0.238. The monoisotopic (exact) mass is 463 g/mol. The van der Waals surface area contributed by atoms with Gasteiger partial charge in [-0.05, 0) is 47.5 Å². The first-order valence-corrected chi connectivity index (χ1v) is 11.6. The normalized spacial score (nSPS) is 11.7. The number of esters is 1. The maximum absolute atomic E-state index is 13.0. The summed E-state index contributed by atoms with van der Waals surface area (Å²) in [7, 11) is 0.161. The molecule has 0 aliphatic rings. The van der Waals surface area contributed by atoms with Gasteiger partial charge in [0, 0.05) is 18.0 Å². The van der Waals surface area contributed by atoms with Crippen LogP contribution in [0.5, 0.6) is 5.75 Å². The van der Waals surface area contributed by atoms with Crippen LogP contribution in [-0.2, 0) is 22.3 Å². The van der Waals surface area contributed by atoms with Crippen molar-refractivity contribution < 1.29 is 22.9 Å². The molecule has 33 heavy (non-hydrogen) atoms. The molecule has 0 aliphatic heterocycles. The van der Waals surface area contributed by atoms with Crippen LogP contribution >= 0.6 is 0 Å². The molecule has 4 aromatic rings. The number of carbonyl (C=O) groups is 1. The molecule has 0 saturated heterocycles. The molecule has 0 saturated carbocycles. The molecule has 7 nitrogen and oxygen atoms in total. The molecule has 0 amide bonds. The third kappa shape index (κ3) is 5.12. The number of carbonyl (C=O) groups excluding carboxylic acids is 1. The van der Waals surface area contributed by atoms with Gasteiger partial charge in [0.25, 0.3) is 0 Å². The second-order valence-electron chi connectivity index (χ2n) is 7.25. The van der Waals surface area contributed by atoms with E-state index in [1.165, 1.54) is 13.4 Å². The van der Waals surface area contributed by atoms with Gasteiger partial charge in [0.05, 0.1) is 23.6 Å². The number of hydrogen-bond donors (Lipinski definition) is 1. The Kier molecular flexibility index (Phi) is 6.55. The number of anilines is 1. The second-order valence-corrected chi connectivity index (χ2v) is 8.36. The molecule has 168 valence electrons. The molecule has 1 N–H and O–H groups in total. The first-order valence-electron chi connectivity index (χ1n) is 10.0. The lowest BCUT2D eigenvalue weighted by atomic mass is 10.1. The highest BCUT2D eigenvalue weighted by Gasteiger charge is 2.11. The minimum absolute atomic E-state index is 0.159. The van der Waals surface area contributed by atoms with Crippen molar-refractivity contribution in [1.29, 1.82) is 0 Å². The minimum Gasteiger partial charge on any atom is -0.489 e. The van der Waals surface area contributed by atoms with E-state index in [1.54, 1.807) is 66.9 Å². The molecule has 1 unspecified atom stereocenters. The highest BCUT2D eigenvalue weighted by atomic mass is 32.2. The maximum Gasteiger partial charge on any atom is 0.337 e. The molecule has 0 fully saturated rings. The number of hydrogen-bond acceptors (Lipinski definition) is 6. The molecule has 4 rings (SSSR count). The third-order valence-corrected chi connectivity index (χ3v) is 5.48. The quantitative estimate of drug-likeness (QED) is 0.405. The average molecular weight is 464 g/mol. The molecule has 1 aromatic heterocycles. The van der Waals surface area contributed by atoms with E-state index >= 15 is 0 Å². The van der Waals surface area contributed by atoms with E-state index in [4.69, 9.17) is 13.9 Å². The van der Waals surface area contributed by atoms with Crippen LogP contribution in [0.15, 0.2) is 82.2 Å². The number of benzene rings is 3. The lowest BCUT2D eigenvalue weighted by Crippen LogP contribution is -2.06. The third-order valence-electron chi connectivity index (χ3n) is 4.96. The summed E-state index contributed by atoms with van der Waals surface area (Å²) in [5.74, 6) is 0.122. The van der Waals surface area contributed by atoms with Gasteiger partial charge in [0.15, 0.2) is 5.43 Å². The summed E-state index contributed by atoms with van der Waals surface area (Å²) >= 11 is 0. The molecule has 0 spiro atoms. The number of methoxy groups -OCH3 is 1. The lowest BCUT2D eigenvalue weighted by molar-refractivity contribution is 0.0600. The van der Waals surface area contributed by atoms with Crippen molar-refractivity contribution in [2.24, 2.45) is 0 Å². The van der Waals surface area contributed by atoms with Gasteiger partial charge in [-0.2, -0.15) is 0 Å². The summed E-state index contributed by atoms with van der Waals surface area (Å²) in [5.41, 5.74) is 3.33. The van der Waals surface area contributed by atoms with Gasteiger partial charge in [0.2, 0.25) is 0 Å². The fraction of sp³-hybridized carbons (Fsp3) is 0.120. The lowest BCUT2D eigenvalue weighted by Gasteiger charge is -2.09. The highest BCUT2D eigenvalue weighted by molar-refractivity contribution is 7.85. The SMILES string of the molecule is COC(=O)c1cccc(COc2ccc3c(=O)c(-c4ccc(NS(C)=O)cc4)coc3c2)c1. The Bertz CT molecular complexity index is 1390. The van der Waals surface area contributed by atoms with Crippen molar-refractivity contribution in [2.75, 3.05) is 18.1 Å². The summed E-state index contributed by atoms with van der Waals surface area (Å²) in [4.78, 5) is 24.7. The van der Waals surface area contributed by atoms with Crippen molar-refractivity contribution in [1.82, 2.24) is 0 Å². The highest BCUT2D eigenvalue weighted by Crippen LogP contribution is 2.25. The Morgan fingerprint density at radius 1 is 1.06 bits per heavy atom. The summed E-state index contributed by atoms with van der Waals surface area (Å²) < 4.78 is 30.4. The van der Waals surface area contributed by atoms with Gasteiger partial charge in [-0.25, -0.2) is 9.00 Å². The fourth-order valence-electron chi connectivity index (χ4n) is 3.35. The summed E-state index contributed by atoms with van der Waals surface area (Å²) in [5, 5.41) is 0.435. The van der Waals surface area contributed by atoms with Gasteiger partial charge >= 0.3 is 5.97 Å². The smallest absolute Gasteiger partial charge is 0.337 e. The van der Waals surface area contributed by atoms with Crippen LogP contribution in [0.3, 0.4) is 0 Å². The average Bonchev–Trinajstić information content (AvgIpc) is 2.83. The van der Waals surface area contributed by atoms with Crippen molar-refractivity contribution in [3.05, 3.63) is 94.3 Å². The van der Waals surface area contributed by atoms with E-state index in [0.717, 1.165) is 5.56 Å². The molecule has 8 heteroatoms. The predicted molar refractivity (Wildman–Crippen MR) is 128 cm³/mol. The van der Waals surface area contributed by atoms with E-state index in [9.17, 15) is 13.8 Å². The van der Waals surface area contributed by atoms with Crippen LogP contribution in [0.25, 0.3) is 22.1 Å². The Morgan fingerprint density at radius 3 is 2.58 bits per heavy atom. The maximum atomic E-state index is 13.0. The molecular weight excluding hydrogens is 442 g/mol. The second kappa shape index (κ2) is 9.70. The Labute approximate surface area is 192 Å². The van der Waals surface area contributed by atoms with Crippen LogP contribution in [0.4, 0.5) is 5.69 Å². The van der Waals surface area contributed by atoms with Gasteiger partial charge < -0.3 is 18.6 Å². The van der Waals surface area contributed by atoms with E-state index in [2.05, 4.69) is 4.72 Å². The Morgan fingerprint density at radius 2 is 1.85 bits per heavy atom. The van der Waals surface area contributed by atoms with E-state index in [0.29, 0.717) is 39.1 Å². The summed E-state index contributed by atoms with van der Waals surface area (Å²) in [6, 6.07) is 19.1. The van der Waals surface area contributed by atoms with Crippen molar-refractivity contribution in [3.63, 3.8) is 0 Å². The zero-order valence-electron chi connectivity index (χ0n) is 18.0. The van der Waals surface area contributed by atoms with Gasteiger partial charge in [0.1, 0.15) is 35.2 Å². The fourth-order valence-corrected chi connectivity index (χ4v) is 3.82. The first kappa shape index (κ1) is 22.3. The Balaban J connectivity index is 1.54. The molecule has 0 aliphatic carbocycles. The van der Waals surface area contributed by atoms with Crippen LogP contribution in [0.2, 0.25) is 0 Å². The standard InChI is InChI=1S/C25H21NO6S/c1-30-25(28)18-5-3-4-16(12-18)14-31-20-10-11-21-23(13-20)32-15-22(24(21)27)17-6-8-19(9-7-17)26-33(2)29/h3-13,15,26H,14H2,1-2H3. The molecule has 1 heterocycles. The molecule has 1 atom stereocenters. The van der Waals surface area contributed by atoms with Gasteiger partial charge in [-0.3, -0.25) is 4.79 Å². The molecule has 0 bridgehead atoms. The number of rotatable bonds is 7. The summed E-state index contributed by atoms with van der Waals surface area (Å²) in [6.07, 6.45) is 2.97. The van der Waals surface area contributed by atoms with Crippen molar-refractivity contribution >= 4 is 33.6 Å². The molecule has 3 aromatic carbocycles. The number of ether oxygens (including phenoxy) is 2. The zero-order valence-corrected chi connectivity index (χ0v) is 18.8. The predicted octanol–water partition coefficient (Wildman–Crippen LogP) is 4.53. The van der Waals surface area contributed by atoms with Crippen molar-refractivity contribution in [3.8, 4) is 16.9 Å².